The van der Waals surface area contributed by atoms with Crippen molar-refractivity contribution in [2.45, 2.75) is 102 Å². The molecule has 5 N–H and O–H groups in total. The van der Waals surface area contributed by atoms with Gasteiger partial charge in [0, 0.05) is 38.1 Å². The van der Waals surface area contributed by atoms with Gasteiger partial charge in [0.25, 0.3) is 10.1 Å². The zero-order valence-electron chi connectivity index (χ0n) is 27.3. The molecule has 46 heavy (non-hydrogen) atoms. The Kier molecular flexibility index (Phi) is 12.8. The van der Waals surface area contributed by atoms with E-state index in [1.807, 2.05) is 44.2 Å². The lowest BCUT2D eigenvalue weighted by atomic mass is 9.97. The summed E-state index contributed by atoms with van der Waals surface area (Å²) in [5.41, 5.74) is -2.15. The molecular weight excluding hydrogens is 618 g/mol. The first-order valence-electron chi connectivity index (χ1n) is 15.8. The van der Waals surface area contributed by atoms with Gasteiger partial charge in [0.1, 0.15) is 11.6 Å². The zero-order valence-corrected chi connectivity index (χ0v) is 28.1. The molecule has 0 bridgehead atoms. The van der Waals surface area contributed by atoms with Crippen molar-refractivity contribution in [1.29, 1.82) is 0 Å². The number of aliphatic hydroxyl groups is 1. The number of aliphatic hydroxyl groups excluding tert-OH is 1. The predicted octanol–water partition coefficient (Wildman–Crippen LogP) is 2.23. The Morgan fingerprint density at radius 1 is 1.09 bits per heavy atom. The lowest BCUT2D eigenvalue weighted by molar-refractivity contribution is -0.126. The highest BCUT2D eigenvalue weighted by molar-refractivity contribution is 7.86. The second kappa shape index (κ2) is 15.9. The average molecular weight is 668 g/mol. The van der Waals surface area contributed by atoms with Crippen LogP contribution in [0.2, 0.25) is 0 Å². The molecule has 0 saturated carbocycles. The largest absolute Gasteiger partial charge is 0.444 e. The summed E-state index contributed by atoms with van der Waals surface area (Å²) in [5.74, 6) is -1.84. The number of ether oxygens (including phenoxy) is 1. The van der Waals surface area contributed by atoms with E-state index in [0.717, 1.165) is 5.56 Å². The Morgan fingerprint density at radius 3 is 2.24 bits per heavy atom. The number of nitrogens with zero attached hydrogens (tertiary/aromatic N) is 2. The molecule has 2 saturated heterocycles. The molecule has 2 fully saturated rings. The summed E-state index contributed by atoms with van der Waals surface area (Å²) >= 11 is 0. The molecule has 14 nitrogen and oxygen atoms in total. The van der Waals surface area contributed by atoms with Crippen LogP contribution in [0.1, 0.15) is 72.3 Å². The summed E-state index contributed by atoms with van der Waals surface area (Å²) in [6, 6.07) is 5.93. The van der Waals surface area contributed by atoms with E-state index in [1.54, 1.807) is 30.6 Å². The molecule has 0 aromatic heterocycles. The van der Waals surface area contributed by atoms with Crippen molar-refractivity contribution in [2.24, 2.45) is 11.8 Å². The standard InChI is InChI=1S/C31H49N5O9S/c1-20(2)17-24(27(38)33-25(28(39)46(42,43)44)18-22-11-14-32-26(22)37)34-29(40)36(19-21-9-7-6-8-10-21)23-12-15-35(16-13-23)30(41)45-31(3,4)5/h6-10,20,22-25,28,39H,11-19H2,1-5H3,(H,32,37)(H,33,38)(H,34,40)(H,42,43,44)/t22-,24?,25?,28?/m0/s1. The summed E-state index contributed by atoms with van der Waals surface area (Å²) in [6.07, 6.45) is 0.870. The van der Waals surface area contributed by atoms with Crippen LogP contribution < -0.4 is 16.0 Å². The van der Waals surface area contributed by atoms with Crippen LogP contribution in [0.25, 0.3) is 0 Å². The maximum atomic E-state index is 13.9. The van der Waals surface area contributed by atoms with Gasteiger partial charge in [-0.1, -0.05) is 44.2 Å². The third kappa shape index (κ3) is 11.1. The number of urea groups is 1. The first-order valence-corrected chi connectivity index (χ1v) is 17.3. The molecule has 2 aliphatic heterocycles. The minimum absolute atomic E-state index is 0.0683. The Bertz CT molecular complexity index is 1310. The molecular formula is C31H49N5O9S. The van der Waals surface area contributed by atoms with Crippen LogP contribution in [0, 0.1) is 11.8 Å². The van der Waals surface area contributed by atoms with Gasteiger partial charge in [-0.05, 0) is 64.4 Å². The fourth-order valence-electron chi connectivity index (χ4n) is 5.68. The predicted molar refractivity (Wildman–Crippen MR) is 170 cm³/mol. The van der Waals surface area contributed by atoms with Gasteiger partial charge in [-0.3, -0.25) is 14.1 Å². The smallest absolute Gasteiger partial charge is 0.410 e. The molecule has 3 rings (SSSR count). The van der Waals surface area contributed by atoms with Crippen molar-refractivity contribution in [3.63, 3.8) is 0 Å². The number of likely N-dealkylation sites (tertiary alicyclic amines) is 1. The fourth-order valence-corrected chi connectivity index (χ4v) is 6.28. The lowest BCUT2D eigenvalue weighted by Crippen LogP contribution is -2.58. The molecule has 1 aromatic rings. The number of hydrogen-bond acceptors (Lipinski definition) is 8. The highest BCUT2D eigenvalue weighted by Gasteiger charge is 2.39. The van der Waals surface area contributed by atoms with Gasteiger partial charge in [0.05, 0.1) is 6.04 Å². The molecule has 4 atom stereocenters. The molecule has 2 aliphatic rings. The monoisotopic (exact) mass is 667 g/mol. The highest BCUT2D eigenvalue weighted by atomic mass is 32.2. The summed E-state index contributed by atoms with van der Waals surface area (Å²) in [4.78, 5) is 55.6. The van der Waals surface area contributed by atoms with Crippen LogP contribution >= 0.6 is 0 Å². The van der Waals surface area contributed by atoms with Crippen molar-refractivity contribution in [1.82, 2.24) is 25.8 Å². The van der Waals surface area contributed by atoms with E-state index in [1.165, 1.54) is 0 Å². The summed E-state index contributed by atoms with van der Waals surface area (Å²) in [6.45, 7) is 10.4. The van der Waals surface area contributed by atoms with Crippen molar-refractivity contribution in [2.75, 3.05) is 19.6 Å². The molecule has 0 radical (unpaired) electrons. The van der Waals surface area contributed by atoms with Crippen LogP contribution in [0.15, 0.2) is 30.3 Å². The van der Waals surface area contributed by atoms with Gasteiger partial charge in [-0.2, -0.15) is 8.42 Å². The molecule has 1 aromatic carbocycles. The van der Waals surface area contributed by atoms with Gasteiger partial charge in [0.2, 0.25) is 17.3 Å². The van der Waals surface area contributed by atoms with E-state index in [4.69, 9.17) is 4.74 Å². The van der Waals surface area contributed by atoms with E-state index in [9.17, 15) is 37.3 Å². The Hall–Kier alpha value is -3.43. The average Bonchev–Trinajstić information content (AvgIpc) is 3.37. The first-order chi connectivity index (χ1) is 21.4. The van der Waals surface area contributed by atoms with Crippen LogP contribution in [-0.4, -0.2) is 101 Å². The minimum atomic E-state index is -4.99. The quantitative estimate of drug-likeness (QED) is 0.208. The summed E-state index contributed by atoms with van der Waals surface area (Å²) in [7, 11) is -4.99. The van der Waals surface area contributed by atoms with Crippen LogP contribution in [0.5, 0.6) is 0 Å². The Labute approximate surface area is 271 Å². The van der Waals surface area contributed by atoms with Gasteiger partial charge in [0.15, 0.2) is 0 Å². The Balaban J connectivity index is 1.79. The van der Waals surface area contributed by atoms with Crippen molar-refractivity contribution in [3.8, 4) is 0 Å². The second-order valence-corrected chi connectivity index (χ2v) is 15.0. The first kappa shape index (κ1) is 37.0. The molecule has 0 spiro atoms. The van der Waals surface area contributed by atoms with Gasteiger partial charge < -0.3 is 35.6 Å². The third-order valence-corrected chi connectivity index (χ3v) is 8.95. The SMILES string of the molecule is CC(C)CC(NC(=O)N(Cc1ccccc1)C1CCN(C(=O)OC(C)(C)C)CC1)C(=O)NC(C[C@@H]1CCNC1=O)C(O)S(=O)(=O)O. The van der Waals surface area contributed by atoms with Crippen molar-refractivity contribution in [3.05, 3.63) is 35.9 Å². The van der Waals surface area contributed by atoms with E-state index < -0.39 is 57.2 Å². The number of amides is 5. The lowest BCUT2D eigenvalue weighted by Gasteiger charge is -2.39. The molecule has 0 aliphatic carbocycles. The number of benzene rings is 1. The van der Waals surface area contributed by atoms with Gasteiger partial charge in [-0.15, -0.1) is 0 Å². The Morgan fingerprint density at radius 2 is 1.72 bits per heavy atom. The number of piperidine rings is 1. The van der Waals surface area contributed by atoms with Crippen LogP contribution in [0.3, 0.4) is 0 Å². The van der Waals surface area contributed by atoms with E-state index in [-0.39, 0.29) is 37.3 Å². The van der Waals surface area contributed by atoms with E-state index in [2.05, 4.69) is 16.0 Å². The number of rotatable bonds is 12. The maximum Gasteiger partial charge on any atom is 0.410 e. The van der Waals surface area contributed by atoms with E-state index >= 15 is 0 Å². The van der Waals surface area contributed by atoms with Crippen LogP contribution in [0.4, 0.5) is 9.59 Å². The normalized spacial score (nSPS) is 19.6. The van der Waals surface area contributed by atoms with Crippen LogP contribution in [-0.2, 0) is 31.0 Å². The molecule has 2 heterocycles. The third-order valence-electron chi connectivity index (χ3n) is 8.01. The van der Waals surface area contributed by atoms with E-state index in [0.29, 0.717) is 38.9 Å². The maximum absolute atomic E-state index is 13.9. The molecule has 3 unspecified atom stereocenters. The number of carbonyl (C=O) groups excluding carboxylic acids is 4. The van der Waals surface area contributed by atoms with Gasteiger partial charge >= 0.3 is 12.1 Å². The molecule has 15 heteroatoms. The van der Waals surface area contributed by atoms with Gasteiger partial charge in [-0.25, -0.2) is 9.59 Å². The zero-order chi connectivity index (χ0) is 34.2. The second-order valence-electron chi connectivity index (χ2n) is 13.5. The topological polar surface area (TPSA) is 195 Å². The minimum Gasteiger partial charge on any atom is -0.444 e. The van der Waals surface area contributed by atoms with Crippen molar-refractivity contribution < 1.29 is 42.0 Å². The molecule has 5 amide bonds. The number of carbonyl (C=O) groups is 4. The van der Waals surface area contributed by atoms with Crippen molar-refractivity contribution >= 4 is 34.1 Å². The summed E-state index contributed by atoms with van der Waals surface area (Å²) < 4.78 is 38.8. The highest BCUT2D eigenvalue weighted by Crippen LogP contribution is 2.23. The molecule has 258 valence electrons. The fraction of sp³-hybridized carbons (Fsp3) is 0.677. The summed E-state index contributed by atoms with van der Waals surface area (Å²) in [5, 5.41) is 18.3. The number of hydrogen-bond donors (Lipinski definition) is 5. The number of nitrogens with one attached hydrogen (secondary N) is 3.